The molecule has 0 spiro atoms. The van der Waals surface area contributed by atoms with Gasteiger partial charge in [-0.1, -0.05) is 37.3 Å². The molecular formula is C24H28N4O3. The first-order valence-electron chi connectivity index (χ1n) is 10.4. The molecule has 7 heteroatoms. The lowest BCUT2D eigenvalue weighted by Gasteiger charge is -2.21. The quantitative estimate of drug-likeness (QED) is 0.578. The first kappa shape index (κ1) is 23.6. The highest BCUT2D eigenvalue weighted by Gasteiger charge is 2.16. The van der Waals surface area contributed by atoms with Crippen LogP contribution in [0.2, 0.25) is 0 Å². The molecule has 162 valence electrons. The predicted molar refractivity (Wildman–Crippen MR) is 120 cm³/mol. The summed E-state index contributed by atoms with van der Waals surface area (Å²) in [4.78, 5) is 38.0. The van der Waals surface area contributed by atoms with Gasteiger partial charge in [0.25, 0.3) is 0 Å². The first-order valence-corrected chi connectivity index (χ1v) is 10.4. The van der Waals surface area contributed by atoms with Gasteiger partial charge in [0.15, 0.2) is 0 Å². The second-order valence-corrected chi connectivity index (χ2v) is 7.06. The summed E-state index contributed by atoms with van der Waals surface area (Å²) in [5.41, 5.74) is 2.33. The van der Waals surface area contributed by atoms with Crippen LogP contribution in [-0.4, -0.2) is 24.3 Å². The van der Waals surface area contributed by atoms with Gasteiger partial charge in [0, 0.05) is 43.7 Å². The number of benzene rings is 2. The van der Waals surface area contributed by atoms with E-state index in [0.29, 0.717) is 25.2 Å². The largest absolute Gasteiger partial charge is 0.352 e. The minimum absolute atomic E-state index is 0.0208. The summed E-state index contributed by atoms with van der Waals surface area (Å²) < 4.78 is 0. The van der Waals surface area contributed by atoms with Crippen molar-refractivity contribution in [3.8, 4) is 6.07 Å². The van der Waals surface area contributed by atoms with Crippen molar-refractivity contribution >= 4 is 29.1 Å². The molecule has 0 fully saturated rings. The van der Waals surface area contributed by atoms with E-state index >= 15 is 0 Å². The maximum Gasteiger partial charge on any atom is 0.227 e. The van der Waals surface area contributed by atoms with Crippen LogP contribution in [0.4, 0.5) is 11.4 Å². The predicted octanol–water partition coefficient (Wildman–Crippen LogP) is 3.77. The van der Waals surface area contributed by atoms with E-state index in [1.165, 1.54) is 0 Å². The number of rotatable bonds is 11. The number of nitriles is 1. The molecule has 0 aliphatic rings. The summed E-state index contributed by atoms with van der Waals surface area (Å²) in [7, 11) is 0. The van der Waals surface area contributed by atoms with Crippen LogP contribution in [0.5, 0.6) is 0 Å². The molecule has 0 unspecified atom stereocenters. The molecule has 7 nitrogen and oxygen atoms in total. The normalized spacial score (nSPS) is 10.1. The number of nitrogens with one attached hydrogen (secondary N) is 2. The summed E-state index contributed by atoms with van der Waals surface area (Å²) in [6.45, 7) is 2.58. The Balaban J connectivity index is 1.80. The Morgan fingerprint density at radius 2 is 1.65 bits per heavy atom. The van der Waals surface area contributed by atoms with Crippen LogP contribution < -0.4 is 15.5 Å². The number of carbonyl (C=O) groups excluding carboxylic acids is 3. The number of hydrogen-bond donors (Lipinski definition) is 2. The molecular weight excluding hydrogens is 392 g/mol. The number of nitrogens with zero attached hydrogens (tertiary/aromatic N) is 2. The standard InChI is InChI=1S/C24H28N4O3/c1-2-7-23(30)27-20-12-10-19(11-13-20)18-26-22(29)14-15-24(31)28(17-6-16-25)21-8-4-3-5-9-21/h3-5,8-13H,2,6-7,14-15,17-18H2,1H3,(H,26,29)(H,27,30). The molecule has 0 heterocycles. The highest BCUT2D eigenvalue weighted by atomic mass is 16.2. The van der Waals surface area contributed by atoms with E-state index in [1.807, 2.05) is 49.4 Å². The Kier molecular flexibility index (Phi) is 9.76. The number of hydrogen-bond acceptors (Lipinski definition) is 4. The summed E-state index contributed by atoms with van der Waals surface area (Å²) in [6.07, 6.45) is 1.63. The van der Waals surface area contributed by atoms with Crippen LogP contribution in [0.25, 0.3) is 0 Å². The van der Waals surface area contributed by atoms with Crippen LogP contribution in [0.3, 0.4) is 0 Å². The minimum atomic E-state index is -0.220. The number of amides is 3. The molecule has 0 saturated carbocycles. The van der Waals surface area contributed by atoms with Gasteiger partial charge in [0.2, 0.25) is 17.7 Å². The summed E-state index contributed by atoms with van der Waals surface area (Å²) >= 11 is 0. The highest BCUT2D eigenvalue weighted by Crippen LogP contribution is 2.16. The van der Waals surface area contributed by atoms with Gasteiger partial charge >= 0.3 is 0 Å². The zero-order valence-corrected chi connectivity index (χ0v) is 17.8. The molecule has 0 atom stereocenters. The first-order chi connectivity index (χ1) is 15.0. The Labute approximate surface area is 183 Å². The van der Waals surface area contributed by atoms with Crippen molar-refractivity contribution in [1.82, 2.24) is 5.32 Å². The minimum Gasteiger partial charge on any atom is -0.352 e. The third-order valence-electron chi connectivity index (χ3n) is 4.59. The Hall–Kier alpha value is -3.66. The number of carbonyl (C=O) groups is 3. The van der Waals surface area contributed by atoms with E-state index in [-0.39, 0.29) is 37.0 Å². The van der Waals surface area contributed by atoms with Crippen molar-refractivity contribution < 1.29 is 14.4 Å². The lowest BCUT2D eigenvalue weighted by Crippen LogP contribution is -2.33. The average Bonchev–Trinajstić information content (AvgIpc) is 2.78. The van der Waals surface area contributed by atoms with E-state index in [4.69, 9.17) is 5.26 Å². The summed E-state index contributed by atoms with van der Waals surface area (Å²) in [5, 5.41) is 14.5. The molecule has 2 aromatic carbocycles. The fourth-order valence-electron chi connectivity index (χ4n) is 2.97. The van der Waals surface area contributed by atoms with Gasteiger partial charge in [-0.3, -0.25) is 14.4 Å². The molecule has 0 saturated heterocycles. The molecule has 0 aromatic heterocycles. The monoisotopic (exact) mass is 420 g/mol. The molecule has 2 aromatic rings. The maximum absolute atomic E-state index is 12.6. The van der Waals surface area contributed by atoms with Crippen molar-refractivity contribution in [2.75, 3.05) is 16.8 Å². The van der Waals surface area contributed by atoms with Gasteiger partial charge < -0.3 is 15.5 Å². The fourth-order valence-corrected chi connectivity index (χ4v) is 2.97. The van der Waals surface area contributed by atoms with E-state index in [0.717, 1.165) is 17.7 Å². The van der Waals surface area contributed by atoms with Gasteiger partial charge in [-0.2, -0.15) is 5.26 Å². The Bertz CT molecular complexity index is 905. The molecule has 0 aliphatic heterocycles. The average molecular weight is 421 g/mol. The van der Waals surface area contributed by atoms with Crippen molar-refractivity contribution in [2.24, 2.45) is 0 Å². The number of anilines is 2. The maximum atomic E-state index is 12.6. The summed E-state index contributed by atoms with van der Waals surface area (Å²) in [6, 6.07) is 18.5. The molecule has 0 aliphatic carbocycles. The third kappa shape index (κ3) is 8.31. The molecule has 3 amide bonds. The smallest absolute Gasteiger partial charge is 0.227 e. The van der Waals surface area contributed by atoms with Gasteiger partial charge in [0.1, 0.15) is 0 Å². The molecule has 0 bridgehead atoms. The lowest BCUT2D eigenvalue weighted by molar-refractivity contribution is -0.125. The van der Waals surface area contributed by atoms with E-state index in [1.54, 1.807) is 17.0 Å². The van der Waals surface area contributed by atoms with Gasteiger partial charge in [0.05, 0.1) is 12.5 Å². The molecule has 31 heavy (non-hydrogen) atoms. The Morgan fingerprint density at radius 3 is 2.29 bits per heavy atom. The van der Waals surface area contributed by atoms with Crippen LogP contribution in [0, 0.1) is 11.3 Å². The third-order valence-corrected chi connectivity index (χ3v) is 4.59. The molecule has 2 N–H and O–H groups in total. The van der Waals surface area contributed by atoms with Crippen LogP contribution in [0.1, 0.15) is 44.6 Å². The van der Waals surface area contributed by atoms with Crippen molar-refractivity contribution in [2.45, 2.75) is 45.6 Å². The SMILES string of the molecule is CCCC(=O)Nc1ccc(CNC(=O)CCC(=O)N(CCC#N)c2ccccc2)cc1. The lowest BCUT2D eigenvalue weighted by atomic mass is 10.2. The second-order valence-electron chi connectivity index (χ2n) is 7.06. The van der Waals surface area contributed by atoms with Crippen molar-refractivity contribution in [3.63, 3.8) is 0 Å². The Morgan fingerprint density at radius 1 is 0.935 bits per heavy atom. The number of para-hydroxylation sites is 1. The van der Waals surface area contributed by atoms with Gasteiger partial charge in [-0.15, -0.1) is 0 Å². The van der Waals surface area contributed by atoms with Crippen molar-refractivity contribution in [1.29, 1.82) is 5.26 Å². The fraction of sp³-hybridized carbons (Fsp3) is 0.333. The van der Waals surface area contributed by atoms with Gasteiger partial charge in [-0.05, 0) is 36.2 Å². The van der Waals surface area contributed by atoms with Crippen LogP contribution in [-0.2, 0) is 20.9 Å². The van der Waals surface area contributed by atoms with E-state index < -0.39 is 0 Å². The highest BCUT2D eigenvalue weighted by molar-refractivity contribution is 5.95. The van der Waals surface area contributed by atoms with E-state index in [2.05, 4.69) is 16.7 Å². The van der Waals surface area contributed by atoms with Gasteiger partial charge in [-0.25, -0.2) is 0 Å². The topological polar surface area (TPSA) is 102 Å². The second kappa shape index (κ2) is 12.8. The molecule has 2 rings (SSSR count). The zero-order chi connectivity index (χ0) is 22.5. The molecule has 0 radical (unpaired) electrons. The van der Waals surface area contributed by atoms with Crippen LogP contribution >= 0.6 is 0 Å². The van der Waals surface area contributed by atoms with Crippen LogP contribution in [0.15, 0.2) is 54.6 Å². The van der Waals surface area contributed by atoms with E-state index in [9.17, 15) is 14.4 Å². The zero-order valence-electron chi connectivity index (χ0n) is 17.8. The summed E-state index contributed by atoms with van der Waals surface area (Å²) in [5.74, 6) is -0.432. The van der Waals surface area contributed by atoms with Crippen molar-refractivity contribution in [3.05, 3.63) is 60.2 Å².